The minimum Gasteiger partial charge on any atom is -0.497 e. The molecule has 102 valence electrons. The van der Waals surface area contributed by atoms with Gasteiger partial charge in [-0.25, -0.2) is 0 Å². The summed E-state index contributed by atoms with van der Waals surface area (Å²) >= 11 is 0. The van der Waals surface area contributed by atoms with E-state index in [4.69, 9.17) is 9.47 Å². The van der Waals surface area contributed by atoms with Crippen molar-refractivity contribution in [2.75, 3.05) is 13.7 Å². The molecule has 0 bridgehead atoms. The van der Waals surface area contributed by atoms with Crippen LogP contribution in [0, 0.1) is 0 Å². The third-order valence-electron chi connectivity index (χ3n) is 3.32. The first-order chi connectivity index (χ1) is 9.78. The van der Waals surface area contributed by atoms with Gasteiger partial charge in [-0.1, -0.05) is 30.3 Å². The molecule has 1 amide bonds. The van der Waals surface area contributed by atoms with Gasteiger partial charge >= 0.3 is 0 Å². The Hall–Kier alpha value is -2.49. The molecule has 2 aromatic carbocycles. The Morgan fingerprint density at radius 2 is 2.00 bits per heavy atom. The number of amides is 1. The molecule has 1 unspecified atom stereocenters. The summed E-state index contributed by atoms with van der Waals surface area (Å²) in [5.41, 5.74) is 1.56. The van der Waals surface area contributed by atoms with Gasteiger partial charge in [0, 0.05) is 6.07 Å². The maximum absolute atomic E-state index is 12.1. The van der Waals surface area contributed by atoms with Gasteiger partial charge in [-0.2, -0.15) is 0 Å². The molecule has 1 N–H and O–H groups in total. The lowest BCUT2D eigenvalue weighted by atomic mass is 10.1. The van der Waals surface area contributed by atoms with Crippen LogP contribution in [0.4, 0.5) is 0 Å². The molecule has 1 heterocycles. The molecule has 0 radical (unpaired) electrons. The summed E-state index contributed by atoms with van der Waals surface area (Å²) in [5.74, 6) is 1.10. The van der Waals surface area contributed by atoms with Gasteiger partial charge in [-0.05, 0) is 17.7 Å². The average Bonchev–Trinajstić information content (AvgIpc) is 2.67. The Bertz CT molecular complexity index is 625. The molecule has 2 aromatic rings. The first kappa shape index (κ1) is 12.5. The van der Waals surface area contributed by atoms with Gasteiger partial charge in [-0.3, -0.25) is 4.79 Å². The third-order valence-corrected chi connectivity index (χ3v) is 3.32. The molecule has 4 nitrogen and oxygen atoms in total. The first-order valence-corrected chi connectivity index (χ1v) is 6.46. The van der Waals surface area contributed by atoms with E-state index in [2.05, 4.69) is 5.32 Å². The van der Waals surface area contributed by atoms with Gasteiger partial charge in [0.1, 0.15) is 17.6 Å². The molecule has 0 saturated carbocycles. The van der Waals surface area contributed by atoms with Crippen molar-refractivity contribution in [1.82, 2.24) is 5.32 Å². The van der Waals surface area contributed by atoms with Crippen molar-refractivity contribution in [1.29, 1.82) is 0 Å². The number of carbonyl (C=O) groups excluding carboxylic acids is 1. The van der Waals surface area contributed by atoms with Crippen molar-refractivity contribution in [3.05, 3.63) is 59.7 Å². The summed E-state index contributed by atoms with van der Waals surface area (Å²) in [6, 6.07) is 15.1. The standard InChI is InChI=1S/C16H15NO3/c1-19-12-7-8-13-14(9-12)20-15(10-17-16(13)18)11-5-3-2-4-6-11/h2-9,15H,10H2,1H3,(H,17,18). The van der Waals surface area contributed by atoms with Crippen LogP contribution in [0.25, 0.3) is 0 Å². The van der Waals surface area contributed by atoms with E-state index in [1.807, 2.05) is 30.3 Å². The zero-order valence-electron chi connectivity index (χ0n) is 11.1. The Balaban J connectivity index is 1.98. The normalized spacial score (nSPS) is 17.4. The Kier molecular flexibility index (Phi) is 3.29. The van der Waals surface area contributed by atoms with Crippen molar-refractivity contribution in [3.63, 3.8) is 0 Å². The molecule has 0 saturated heterocycles. The summed E-state index contributed by atoms with van der Waals surface area (Å²) in [6.07, 6.45) is -0.200. The lowest BCUT2D eigenvalue weighted by Crippen LogP contribution is -2.26. The highest BCUT2D eigenvalue weighted by Gasteiger charge is 2.24. The van der Waals surface area contributed by atoms with Gasteiger partial charge in [0.15, 0.2) is 0 Å². The number of ether oxygens (including phenoxy) is 2. The fourth-order valence-corrected chi connectivity index (χ4v) is 2.24. The summed E-state index contributed by atoms with van der Waals surface area (Å²) in [4.78, 5) is 12.1. The highest BCUT2D eigenvalue weighted by molar-refractivity contribution is 5.97. The summed E-state index contributed by atoms with van der Waals surface area (Å²) in [7, 11) is 1.59. The van der Waals surface area contributed by atoms with E-state index in [-0.39, 0.29) is 12.0 Å². The molecule has 0 aliphatic carbocycles. The molecule has 1 aliphatic rings. The van der Waals surface area contributed by atoms with Crippen LogP contribution in [0.3, 0.4) is 0 Å². The summed E-state index contributed by atoms with van der Waals surface area (Å²) in [6.45, 7) is 0.444. The fourth-order valence-electron chi connectivity index (χ4n) is 2.24. The molecular weight excluding hydrogens is 254 g/mol. The van der Waals surface area contributed by atoms with E-state index in [1.54, 1.807) is 25.3 Å². The maximum atomic E-state index is 12.1. The number of carbonyl (C=O) groups is 1. The Morgan fingerprint density at radius 3 is 2.75 bits per heavy atom. The van der Waals surface area contributed by atoms with Crippen LogP contribution in [0.15, 0.2) is 48.5 Å². The monoisotopic (exact) mass is 269 g/mol. The second kappa shape index (κ2) is 5.25. The molecule has 1 aliphatic heterocycles. The van der Waals surface area contributed by atoms with E-state index in [9.17, 15) is 4.79 Å². The first-order valence-electron chi connectivity index (χ1n) is 6.46. The van der Waals surface area contributed by atoms with E-state index >= 15 is 0 Å². The van der Waals surface area contributed by atoms with Crippen molar-refractivity contribution in [2.24, 2.45) is 0 Å². The quantitative estimate of drug-likeness (QED) is 0.911. The maximum Gasteiger partial charge on any atom is 0.255 e. The lowest BCUT2D eigenvalue weighted by Gasteiger charge is -2.17. The van der Waals surface area contributed by atoms with Gasteiger partial charge in [0.25, 0.3) is 5.91 Å². The van der Waals surface area contributed by atoms with E-state index in [0.717, 1.165) is 5.56 Å². The summed E-state index contributed by atoms with van der Waals surface area (Å²) in [5, 5.41) is 2.88. The van der Waals surface area contributed by atoms with Gasteiger partial charge in [0.05, 0.1) is 19.2 Å². The number of rotatable bonds is 2. The van der Waals surface area contributed by atoms with Crippen molar-refractivity contribution >= 4 is 5.91 Å². The van der Waals surface area contributed by atoms with E-state index in [1.165, 1.54) is 0 Å². The van der Waals surface area contributed by atoms with Crippen LogP contribution in [0.2, 0.25) is 0 Å². The van der Waals surface area contributed by atoms with E-state index in [0.29, 0.717) is 23.6 Å². The number of fused-ring (bicyclic) bond motifs is 1. The second-order valence-electron chi connectivity index (χ2n) is 4.59. The predicted octanol–water partition coefficient (Wildman–Crippen LogP) is 2.56. The molecule has 0 aromatic heterocycles. The fraction of sp³-hybridized carbons (Fsp3) is 0.188. The Morgan fingerprint density at radius 1 is 1.20 bits per heavy atom. The molecule has 1 atom stereocenters. The number of hydrogen-bond acceptors (Lipinski definition) is 3. The Labute approximate surface area is 117 Å². The molecule has 4 heteroatoms. The smallest absolute Gasteiger partial charge is 0.255 e. The predicted molar refractivity (Wildman–Crippen MR) is 75.1 cm³/mol. The van der Waals surface area contributed by atoms with Crippen LogP contribution in [0.1, 0.15) is 22.0 Å². The number of hydrogen-bond donors (Lipinski definition) is 1. The molecular formula is C16H15NO3. The highest BCUT2D eigenvalue weighted by atomic mass is 16.5. The van der Waals surface area contributed by atoms with Crippen LogP contribution in [-0.4, -0.2) is 19.6 Å². The molecule has 3 rings (SSSR count). The molecule has 20 heavy (non-hydrogen) atoms. The van der Waals surface area contributed by atoms with Gasteiger partial charge in [-0.15, -0.1) is 0 Å². The zero-order valence-corrected chi connectivity index (χ0v) is 11.1. The number of benzene rings is 2. The van der Waals surface area contributed by atoms with Gasteiger partial charge < -0.3 is 14.8 Å². The third kappa shape index (κ3) is 2.32. The minimum absolute atomic E-state index is 0.124. The average molecular weight is 269 g/mol. The van der Waals surface area contributed by atoms with Crippen LogP contribution < -0.4 is 14.8 Å². The number of methoxy groups -OCH3 is 1. The van der Waals surface area contributed by atoms with Crippen molar-refractivity contribution in [3.8, 4) is 11.5 Å². The van der Waals surface area contributed by atoms with Crippen LogP contribution in [0.5, 0.6) is 11.5 Å². The largest absolute Gasteiger partial charge is 0.497 e. The highest BCUT2D eigenvalue weighted by Crippen LogP contribution is 2.31. The van der Waals surface area contributed by atoms with Crippen LogP contribution >= 0.6 is 0 Å². The minimum atomic E-state index is -0.200. The zero-order chi connectivity index (χ0) is 13.9. The molecule has 0 fully saturated rings. The van der Waals surface area contributed by atoms with E-state index < -0.39 is 0 Å². The summed E-state index contributed by atoms with van der Waals surface area (Å²) < 4.78 is 11.2. The van der Waals surface area contributed by atoms with Crippen molar-refractivity contribution < 1.29 is 14.3 Å². The SMILES string of the molecule is COc1ccc2c(c1)OC(c1ccccc1)CNC2=O. The lowest BCUT2D eigenvalue weighted by molar-refractivity contribution is 0.0951. The molecule has 0 spiro atoms. The van der Waals surface area contributed by atoms with Gasteiger partial charge in [0.2, 0.25) is 0 Å². The van der Waals surface area contributed by atoms with Crippen LogP contribution in [-0.2, 0) is 0 Å². The van der Waals surface area contributed by atoms with Crippen molar-refractivity contribution in [2.45, 2.75) is 6.10 Å². The topological polar surface area (TPSA) is 47.6 Å². The second-order valence-corrected chi connectivity index (χ2v) is 4.59. The number of nitrogens with one attached hydrogen (secondary N) is 1.